The van der Waals surface area contributed by atoms with Gasteiger partial charge in [0.05, 0.1) is 18.8 Å². The van der Waals surface area contributed by atoms with Gasteiger partial charge >= 0.3 is 0 Å². The lowest BCUT2D eigenvalue weighted by molar-refractivity contribution is 0.0000717. The number of ether oxygens (including phenoxy) is 1. The molecule has 3 rings (SSSR count). The van der Waals surface area contributed by atoms with Gasteiger partial charge in [0.15, 0.2) is 5.69 Å². The molecule has 1 saturated heterocycles. The molecule has 1 aromatic heterocycles. The molecule has 1 aromatic carbocycles. The number of carbonyl (C=O) groups excluding carboxylic acids is 1. The van der Waals surface area contributed by atoms with Gasteiger partial charge in [0.25, 0.3) is 5.91 Å². The second-order valence-corrected chi connectivity index (χ2v) is 6.96. The summed E-state index contributed by atoms with van der Waals surface area (Å²) in [5, 5.41) is 10.3. The minimum absolute atomic E-state index is 0.189. The zero-order valence-corrected chi connectivity index (χ0v) is 15.1. The van der Waals surface area contributed by atoms with Crippen molar-refractivity contribution in [1.82, 2.24) is 9.88 Å². The van der Waals surface area contributed by atoms with Crippen molar-refractivity contribution in [2.45, 2.75) is 45.3 Å². The van der Waals surface area contributed by atoms with Gasteiger partial charge in [-0.3, -0.25) is 4.79 Å². The average molecular weight is 344 g/mol. The van der Waals surface area contributed by atoms with Crippen LogP contribution in [0.1, 0.15) is 42.9 Å². The Labute approximate surface area is 147 Å². The van der Waals surface area contributed by atoms with Gasteiger partial charge in [0.1, 0.15) is 11.5 Å². The van der Waals surface area contributed by atoms with Crippen LogP contribution in [-0.4, -0.2) is 46.2 Å². The van der Waals surface area contributed by atoms with Crippen molar-refractivity contribution in [2.75, 3.05) is 13.7 Å². The van der Waals surface area contributed by atoms with Crippen LogP contribution in [0, 0.1) is 6.92 Å². The van der Waals surface area contributed by atoms with Crippen LogP contribution in [0.25, 0.3) is 11.5 Å². The number of oxazole rings is 1. The number of nitrogens with zero attached hydrogens (tertiary/aromatic N) is 2. The highest BCUT2D eigenvalue weighted by Gasteiger charge is 2.40. The largest absolute Gasteiger partial charge is 0.497 e. The maximum absolute atomic E-state index is 12.9. The molecule has 25 heavy (non-hydrogen) atoms. The highest BCUT2D eigenvalue weighted by Crippen LogP contribution is 2.30. The standard InChI is InChI=1S/C19H24N2O4/c1-12-16(18(22)21-11-5-6-15(21)19(2,3)23)20-17(25-12)13-7-9-14(24-4)10-8-13/h7-10,15,23H,5-6,11H2,1-4H3. The molecule has 1 aliphatic heterocycles. The van der Waals surface area contributed by atoms with Gasteiger partial charge in [-0.05, 0) is 57.9 Å². The first-order valence-corrected chi connectivity index (χ1v) is 8.46. The molecule has 0 spiro atoms. The number of likely N-dealkylation sites (tertiary alicyclic amines) is 1. The van der Waals surface area contributed by atoms with Crippen molar-refractivity contribution in [3.63, 3.8) is 0 Å². The van der Waals surface area contributed by atoms with Crippen LogP contribution in [0.4, 0.5) is 0 Å². The molecular formula is C19H24N2O4. The Morgan fingerprint density at radius 3 is 2.64 bits per heavy atom. The molecule has 134 valence electrons. The van der Waals surface area contributed by atoms with Crippen molar-refractivity contribution in [3.05, 3.63) is 35.7 Å². The maximum Gasteiger partial charge on any atom is 0.276 e. The Kier molecular flexibility index (Phi) is 4.56. The summed E-state index contributed by atoms with van der Waals surface area (Å²) in [6.07, 6.45) is 1.67. The van der Waals surface area contributed by atoms with E-state index in [0.29, 0.717) is 23.9 Å². The van der Waals surface area contributed by atoms with E-state index in [4.69, 9.17) is 9.15 Å². The number of rotatable bonds is 4. The Balaban J connectivity index is 1.88. The Bertz CT molecular complexity index is 759. The van der Waals surface area contributed by atoms with Crippen LogP contribution in [0.15, 0.2) is 28.7 Å². The number of hydrogen-bond acceptors (Lipinski definition) is 5. The third-order valence-corrected chi connectivity index (χ3v) is 4.67. The molecule has 0 radical (unpaired) electrons. The van der Waals surface area contributed by atoms with Gasteiger partial charge in [0, 0.05) is 12.1 Å². The lowest BCUT2D eigenvalue weighted by Gasteiger charge is -2.33. The topological polar surface area (TPSA) is 75.8 Å². The normalized spacial score (nSPS) is 17.8. The predicted octanol–water partition coefficient (Wildman–Crippen LogP) is 3.03. The van der Waals surface area contributed by atoms with E-state index >= 15 is 0 Å². The van der Waals surface area contributed by atoms with E-state index < -0.39 is 5.60 Å². The summed E-state index contributed by atoms with van der Waals surface area (Å²) in [4.78, 5) is 19.1. The van der Waals surface area contributed by atoms with E-state index in [2.05, 4.69) is 4.98 Å². The number of aromatic nitrogens is 1. The minimum atomic E-state index is -0.942. The fourth-order valence-corrected chi connectivity index (χ4v) is 3.33. The summed E-state index contributed by atoms with van der Waals surface area (Å²) in [6.45, 7) is 5.84. The lowest BCUT2D eigenvalue weighted by atomic mass is 9.96. The van der Waals surface area contributed by atoms with Gasteiger partial charge < -0.3 is 19.2 Å². The second kappa shape index (κ2) is 6.52. The van der Waals surface area contributed by atoms with Crippen molar-refractivity contribution in [2.24, 2.45) is 0 Å². The number of amides is 1. The van der Waals surface area contributed by atoms with E-state index in [0.717, 1.165) is 24.2 Å². The molecule has 1 unspecified atom stereocenters. The van der Waals surface area contributed by atoms with Gasteiger partial charge in [-0.2, -0.15) is 0 Å². The molecule has 1 amide bonds. The van der Waals surface area contributed by atoms with E-state index in [1.807, 2.05) is 24.3 Å². The van der Waals surface area contributed by atoms with Gasteiger partial charge in [-0.25, -0.2) is 4.98 Å². The molecule has 1 N–H and O–H groups in total. The van der Waals surface area contributed by atoms with Gasteiger partial charge in [-0.15, -0.1) is 0 Å². The van der Waals surface area contributed by atoms with Crippen molar-refractivity contribution >= 4 is 5.91 Å². The summed E-state index contributed by atoms with van der Waals surface area (Å²) in [6, 6.07) is 7.12. The molecular weight excluding hydrogens is 320 g/mol. The molecule has 0 aliphatic carbocycles. The predicted molar refractivity (Wildman–Crippen MR) is 93.6 cm³/mol. The van der Waals surface area contributed by atoms with Crippen LogP contribution in [0.3, 0.4) is 0 Å². The van der Waals surface area contributed by atoms with Crippen molar-refractivity contribution in [3.8, 4) is 17.2 Å². The summed E-state index contributed by atoms with van der Waals surface area (Å²) in [7, 11) is 1.61. The molecule has 0 bridgehead atoms. The van der Waals surface area contributed by atoms with E-state index in [1.165, 1.54) is 0 Å². The van der Waals surface area contributed by atoms with Crippen LogP contribution in [0.5, 0.6) is 5.75 Å². The fourth-order valence-electron chi connectivity index (χ4n) is 3.33. The Morgan fingerprint density at radius 1 is 1.36 bits per heavy atom. The molecule has 2 heterocycles. The number of benzene rings is 1. The molecule has 6 heteroatoms. The summed E-state index contributed by atoms with van der Waals surface area (Å²) >= 11 is 0. The number of methoxy groups -OCH3 is 1. The fraction of sp³-hybridized carbons (Fsp3) is 0.474. The van der Waals surface area contributed by atoms with Crippen LogP contribution < -0.4 is 4.74 Å². The zero-order chi connectivity index (χ0) is 18.2. The summed E-state index contributed by atoms with van der Waals surface area (Å²) in [5.41, 5.74) is 0.146. The van der Waals surface area contributed by atoms with Crippen LogP contribution in [-0.2, 0) is 0 Å². The SMILES string of the molecule is COc1ccc(-c2nc(C(=O)N3CCCC3C(C)(C)O)c(C)o2)cc1. The van der Waals surface area contributed by atoms with Gasteiger partial charge in [-0.1, -0.05) is 0 Å². The maximum atomic E-state index is 12.9. The molecule has 1 fully saturated rings. The van der Waals surface area contributed by atoms with Crippen LogP contribution in [0.2, 0.25) is 0 Å². The number of hydrogen-bond donors (Lipinski definition) is 1. The first-order chi connectivity index (χ1) is 11.8. The Hall–Kier alpha value is -2.34. The lowest BCUT2D eigenvalue weighted by Crippen LogP contribution is -2.48. The third-order valence-electron chi connectivity index (χ3n) is 4.67. The number of aliphatic hydroxyl groups is 1. The smallest absolute Gasteiger partial charge is 0.276 e. The highest BCUT2D eigenvalue weighted by atomic mass is 16.5. The number of aryl methyl sites for hydroxylation is 1. The Morgan fingerprint density at radius 2 is 2.04 bits per heavy atom. The zero-order valence-electron chi connectivity index (χ0n) is 15.1. The van der Waals surface area contributed by atoms with E-state index in [9.17, 15) is 9.90 Å². The van der Waals surface area contributed by atoms with Crippen LogP contribution >= 0.6 is 0 Å². The quantitative estimate of drug-likeness (QED) is 0.922. The monoisotopic (exact) mass is 344 g/mol. The van der Waals surface area contributed by atoms with E-state index in [1.54, 1.807) is 32.8 Å². The summed E-state index contributed by atoms with van der Waals surface area (Å²) < 4.78 is 10.9. The molecule has 6 nitrogen and oxygen atoms in total. The minimum Gasteiger partial charge on any atom is -0.497 e. The highest BCUT2D eigenvalue weighted by molar-refractivity contribution is 5.94. The van der Waals surface area contributed by atoms with Crippen molar-refractivity contribution in [1.29, 1.82) is 0 Å². The van der Waals surface area contributed by atoms with Gasteiger partial charge in [0.2, 0.25) is 5.89 Å². The molecule has 1 aliphatic rings. The average Bonchev–Trinajstić information content (AvgIpc) is 3.21. The number of carbonyl (C=O) groups is 1. The second-order valence-electron chi connectivity index (χ2n) is 6.96. The van der Waals surface area contributed by atoms with E-state index in [-0.39, 0.29) is 11.9 Å². The molecule has 0 saturated carbocycles. The first-order valence-electron chi connectivity index (χ1n) is 8.46. The summed E-state index contributed by atoms with van der Waals surface area (Å²) in [5.74, 6) is 1.44. The molecule has 2 aromatic rings. The third kappa shape index (κ3) is 3.39. The molecule has 1 atom stereocenters. The van der Waals surface area contributed by atoms with Crippen molar-refractivity contribution < 1.29 is 19.1 Å². The first kappa shape index (κ1) is 17.5.